The highest BCUT2D eigenvalue weighted by atomic mass is 16.4. The van der Waals surface area contributed by atoms with Gasteiger partial charge < -0.3 is 15.3 Å². The Morgan fingerprint density at radius 3 is 2.48 bits per heavy atom. The lowest BCUT2D eigenvalue weighted by Crippen LogP contribution is -2.46. The molecule has 0 aliphatic rings. The molecule has 9 nitrogen and oxygen atoms in total. The van der Waals surface area contributed by atoms with Crippen molar-refractivity contribution in [2.45, 2.75) is 33.7 Å². The van der Waals surface area contributed by atoms with Crippen LogP contribution in [0.5, 0.6) is 0 Å². The first kappa shape index (κ1) is 20.1. The quantitative estimate of drug-likeness (QED) is 0.746. The van der Waals surface area contributed by atoms with Crippen LogP contribution in [0.15, 0.2) is 24.4 Å². The minimum atomic E-state index is -1.13. The molecule has 2 rings (SSSR count). The van der Waals surface area contributed by atoms with Crippen molar-refractivity contribution in [1.82, 2.24) is 25.0 Å². The van der Waals surface area contributed by atoms with E-state index < -0.39 is 17.9 Å². The van der Waals surface area contributed by atoms with Crippen LogP contribution in [0, 0.1) is 13.8 Å². The van der Waals surface area contributed by atoms with Crippen molar-refractivity contribution in [1.29, 1.82) is 0 Å². The molecule has 2 N–H and O–H groups in total. The summed E-state index contributed by atoms with van der Waals surface area (Å²) < 4.78 is 1.66. The number of aryl methyl sites for hydroxylation is 2. The van der Waals surface area contributed by atoms with E-state index in [0.29, 0.717) is 5.82 Å². The molecule has 0 aromatic carbocycles. The molecule has 1 unspecified atom stereocenters. The number of hydrogen-bond donors (Lipinski definition) is 2. The highest BCUT2D eigenvalue weighted by Crippen LogP contribution is 2.13. The average molecular weight is 373 g/mol. The molecule has 0 aliphatic carbocycles. The molecule has 2 aromatic heterocycles. The van der Waals surface area contributed by atoms with Crippen molar-refractivity contribution in [2.24, 2.45) is 0 Å². The maximum absolute atomic E-state index is 12.8. The van der Waals surface area contributed by atoms with Crippen molar-refractivity contribution >= 4 is 17.8 Å². The number of aromatic nitrogens is 3. The molecule has 0 saturated heterocycles. The first-order valence-corrected chi connectivity index (χ1v) is 8.48. The summed E-state index contributed by atoms with van der Waals surface area (Å²) in [6, 6.07) is 4.12. The summed E-state index contributed by atoms with van der Waals surface area (Å²) in [5.74, 6) is -1.28. The summed E-state index contributed by atoms with van der Waals surface area (Å²) in [7, 11) is 0. The van der Waals surface area contributed by atoms with Crippen LogP contribution in [-0.2, 0) is 9.59 Å². The van der Waals surface area contributed by atoms with E-state index in [0.717, 1.165) is 11.4 Å². The summed E-state index contributed by atoms with van der Waals surface area (Å²) in [6.45, 7) is 6.79. The number of carbonyl (C=O) groups excluding carboxylic acids is 2. The topological polar surface area (TPSA) is 117 Å². The van der Waals surface area contributed by atoms with Crippen LogP contribution < -0.4 is 5.32 Å². The fourth-order valence-corrected chi connectivity index (χ4v) is 2.62. The molecule has 0 spiro atoms. The van der Waals surface area contributed by atoms with E-state index in [4.69, 9.17) is 0 Å². The molecule has 9 heteroatoms. The van der Waals surface area contributed by atoms with E-state index in [1.165, 1.54) is 24.9 Å². The molecule has 27 heavy (non-hydrogen) atoms. The fraction of sp³-hybridized carbons (Fsp3) is 0.389. The molecular weight excluding hydrogens is 350 g/mol. The minimum absolute atomic E-state index is 0.0745. The van der Waals surface area contributed by atoms with Gasteiger partial charge in [0, 0.05) is 31.9 Å². The van der Waals surface area contributed by atoms with Crippen LogP contribution in [0.4, 0.5) is 0 Å². The van der Waals surface area contributed by atoms with Gasteiger partial charge in [0.05, 0.1) is 11.3 Å². The third-order valence-corrected chi connectivity index (χ3v) is 4.03. The molecule has 0 bridgehead atoms. The van der Waals surface area contributed by atoms with E-state index in [-0.39, 0.29) is 24.6 Å². The van der Waals surface area contributed by atoms with Gasteiger partial charge in [-0.3, -0.25) is 9.59 Å². The number of nitrogens with one attached hydrogen (secondary N) is 1. The van der Waals surface area contributed by atoms with Crippen molar-refractivity contribution in [3.63, 3.8) is 0 Å². The Balaban J connectivity index is 2.22. The zero-order chi connectivity index (χ0) is 20.1. The van der Waals surface area contributed by atoms with Crippen LogP contribution in [0.2, 0.25) is 0 Å². The number of carbonyl (C=O) groups is 3. The summed E-state index contributed by atoms with van der Waals surface area (Å²) in [6.07, 6.45) is 1.40. The summed E-state index contributed by atoms with van der Waals surface area (Å²) >= 11 is 0. The van der Waals surface area contributed by atoms with Crippen LogP contribution in [0.3, 0.4) is 0 Å². The number of pyridine rings is 1. The highest BCUT2D eigenvalue weighted by molar-refractivity contribution is 5.96. The molecule has 0 fully saturated rings. The van der Waals surface area contributed by atoms with Gasteiger partial charge >= 0.3 is 5.97 Å². The van der Waals surface area contributed by atoms with E-state index in [9.17, 15) is 19.5 Å². The van der Waals surface area contributed by atoms with Crippen molar-refractivity contribution in [2.75, 3.05) is 13.1 Å². The second kappa shape index (κ2) is 8.43. The lowest BCUT2D eigenvalue weighted by Gasteiger charge is -2.26. The maximum atomic E-state index is 12.8. The van der Waals surface area contributed by atoms with Gasteiger partial charge in [0.25, 0.3) is 5.91 Å². The van der Waals surface area contributed by atoms with Gasteiger partial charge in [-0.05, 0) is 39.0 Å². The highest BCUT2D eigenvalue weighted by Gasteiger charge is 2.26. The van der Waals surface area contributed by atoms with Gasteiger partial charge in [-0.15, -0.1) is 0 Å². The molecule has 2 heterocycles. The van der Waals surface area contributed by atoms with Gasteiger partial charge in [-0.1, -0.05) is 0 Å². The third-order valence-electron chi connectivity index (χ3n) is 4.03. The molecule has 1 atom stereocenters. The predicted octanol–water partition coefficient (Wildman–Crippen LogP) is 0.936. The van der Waals surface area contributed by atoms with Crippen molar-refractivity contribution in [3.05, 3.63) is 41.3 Å². The largest absolute Gasteiger partial charge is 0.480 e. The van der Waals surface area contributed by atoms with E-state index >= 15 is 0 Å². The van der Waals surface area contributed by atoms with Gasteiger partial charge in [-0.2, -0.15) is 5.10 Å². The Hall–Kier alpha value is -3.23. The molecular formula is C18H23N5O4. The van der Waals surface area contributed by atoms with Crippen LogP contribution in [-0.4, -0.2) is 61.7 Å². The second-order valence-corrected chi connectivity index (χ2v) is 6.24. The van der Waals surface area contributed by atoms with Gasteiger partial charge in [-0.25, -0.2) is 14.5 Å². The van der Waals surface area contributed by atoms with E-state index in [1.54, 1.807) is 16.8 Å². The second-order valence-electron chi connectivity index (χ2n) is 6.24. The van der Waals surface area contributed by atoms with Crippen LogP contribution in [0.1, 0.15) is 35.6 Å². The number of carboxylic acids is 1. The van der Waals surface area contributed by atoms with Crippen molar-refractivity contribution in [3.8, 4) is 5.82 Å². The summed E-state index contributed by atoms with van der Waals surface area (Å²) in [5, 5.41) is 16.2. The summed E-state index contributed by atoms with van der Waals surface area (Å²) in [4.78, 5) is 40.6. The standard InChI is InChI=1S/C18H23N5O4/c1-11-9-12(2)23(21-11)16-6-5-15(10-20-16)17(25)22(13(3)18(26)27)8-7-19-14(4)24/h5-6,9-10,13H,7-8H2,1-4H3,(H,19,24)(H,26,27). The maximum Gasteiger partial charge on any atom is 0.326 e. The Morgan fingerprint density at radius 2 is 2.00 bits per heavy atom. The zero-order valence-corrected chi connectivity index (χ0v) is 15.8. The Bertz CT molecular complexity index is 844. The Morgan fingerprint density at radius 1 is 1.30 bits per heavy atom. The predicted molar refractivity (Wildman–Crippen MR) is 97.7 cm³/mol. The molecule has 0 saturated carbocycles. The van der Waals surface area contributed by atoms with E-state index in [1.807, 2.05) is 19.9 Å². The lowest BCUT2D eigenvalue weighted by atomic mass is 10.2. The van der Waals surface area contributed by atoms with E-state index in [2.05, 4.69) is 15.4 Å². The number of carboxylic acid groups (broad SMARTS) is 1. The lowest BCUT2D eigenvalue weighted by molar-refractivity contribution is -0.141. The van der Waals surface area contributed by atoms with Gasteiger partial charge in [0.1, 0.15) is 6.04 Å². The Labute approximate surface area is 157 Å². The normalized spacial score (nSPS) is 11.7. The van der Waals surface area contributed by atoms with Crippen LogP contribution >= 0.6 is 0 Å². The smallest absolute Gasteiger partial charge is 0.326 e. The monoisotopic (exact) mass is 373 g/mol. The number of nitrogens with zero attached hydrogens (tertiary/aromatic N) is 4. The minimum Gasteiger partial charge on any atom is -0.480 e. The molecule has 0 aliphatic heterocycles. The zero-order valence-electron chi connectivity index (χ0n) is 15.8. The number of aliphatic carboxylic acids is 1. The number of rotatable bonds is 7. The van der Waals surface area contributed by atoms with Crippen molar-refractivity contribution < 1.29 is 19.5 Å². The SMILES string of the molecule is CC(=O)NCCN(C(=O)c1ccc(-n2nc(C)cc2C)nc1)C(C)C(=O)O. The third kappa shape index (κ3) is 4.90. The first-order valence-electron chi connectivity index (χ1n) is 8.48. The molecule has 0 radical (unpaired) electrons. The summed E-state index contributed by atoms with van der Waals surface area (Å²) in [5.41, 5.74) is 2.03. The molecule has 144 valence electrons. The number of hydrogen-bond acceptors (Lipinski definition) is 5. The Kier molecular flexibility index (Phi) is 6.27. The first-order chi connectivity index (χ1) is 12.7. The molecule has 2 amide bonds. The fourth-order valence-electron chi connectivity index (χ4n) is 2.62. The average Bonchev–Trinajstić information content (AvgIpc) is 2.95. The number of amides is 2. The van der Waals surface area contributed by atoms with Gasteiger partial charge in [0.2, 0.25) is 5.91 Å². The van der Waals surface area contributed by atoms with Crippen LogP contribution in [0.25, 0.3) is 5.82 Å². The van der Waals surface area contributed by atoms with Gasteiger partial charge in [0.15, 0.2) is 5.82 Å². The molecule has 2 aromatic rings.